The Labute approximate surface area is 156 Å². The smallest absolute Gasteiger partial charge is 0.261 e. The van der Waals surface area contributed by atoms with Crippen molar-refractivity contribution in [3.63, 3.8) is 0 Å². The van der Waals surface area contributed by atoms with Crippen molar-refractivity contribution in [2.45, 2.75) is 13.8 Å². The van der Waals surface area contributed by atoms with Crippen LogP contribution in [-0.4, -0.2) is 42.5 Å². The lowest BCUT2D eigenvalue weighted by Gasteiger charge is -2.14. The Hall–Kier alpha value is -3.06. The number of aliphatic hydroxyl groups excluding tert-OH is 1. The molecule has 2 N–H and O–H groups in total. The number of hydrogen-bond donors (Lipinski definition) is 2. The number of H-pyrrole nitrogens is 1. The number of nitrogens with zero attached hydrogens (tertiary/aromatic N) is 1. The van der Waals surface area contributed by atoms with E-state index in [-0.39, 0.29) is 18.8 Å². The zero-order chi connectivity index (χ0) is 19.6. The van der Waals surface area contributed by atoms with Gasteiger partial charge in [-0.2, -0.15) is 0 Å². The van der Waals surface area contributed by atoms with Crippen molar-refractivity contribution in [1.82, 2.24) is 9.97 Å². The Kier molecular flexibility index (Phi) is 5.32. The van der Waals surface area contributed by atoms with E-state index in [1.807, 2.05) is 26.0 Å². The molecule has 0 fully saturated rings. The molecule has 0 radical (unpaired) electrons. The minimum Gasteiger partial charge on any atom is -0.496 e. The van der Waals surface area contributed by atoms with Crippen LogP contribution in [0.2, 0.25) is 0 Å². The molecular formula is C20H22N2O5. The Balaban J connectivity index is 2.16. The number of methoxy groups -OCH3 is 2. The molecule has 27 heavy (non-hydrogen) atoms. The van der Waals surface area contributed by atoms with Gasteiger partial charge in [-0.3, -0.25) is 4.79 Å². The Morgan fingerprint density at radius 2 is 1.78 bits per heavy atom. The molecule has 142 valence electrons. The second-order valence-electron chi connectivity index (χ2n) is 6.15. The van der Waals surface area contributed by atoms with E-state index >= 15 is 0 Å². The highest BCUT2D eigenvalue weighted by atomic mass is 16.5. The molecule has 0 atom stereocenters. The first-order valence-corrected chi connectivity index (χ1v) is 8.49. The highest BCUT2D eigenvalue weighted by Crippen LogP contribution is 2.31. The van der Waals surface area contributed by atoms with Crippen molar-refractivity contribution in [3.05, 3.63) is 45.7 Å². The molecular weight excluding hydrogens is 348 g/mol. The number of aliphatic hydroxyl groups is 1. The van der Waals surface area contributed by atoms with Crippen LogP contribution >= 0.6 is 0 Å². The van der Waals surface area contributed by atoms with Crippen LogP contribution < -0.4 is 19.8 Å². The van der Waals surface area contributed by atoms with Gasteiger partial charge >= 0.3 is 0 Å². The van der Waals surface area contributed by atoms with Crippen molar-refractivity contribution in [3.8, 4) is 28.6 Å². The van der Waals surface area contributed by atoms with E-state index in [0.717, 1.165) is 22.4 Å². The number of aromatic amines is 1. The molecule has 7 heteroatoms. The zero-order valence-corrected chi connectivity index (χ0v) is 15.8. The van der Waals surface area contributed by atoms with Crippen molar-refractivity contribution in [2.24, 2.45) is 0 Å². The fourth-order valence-corrected chi connectivity index (χ4v) is 3.11. The summed E-state index contributed by atoms with van der Waals surface area (Å²) in [5.74, 6) is 1.51. The summed E-state index contributed by atoms with van der Waals surface area (Å²) in [4.78, 5) is 19.9. The Morgan fingerprint density at radius 1 is 1.07 bits per heavy atom. The molecule has 2 heterocycles. The van der Waals surface area contributed by atoms with Gasteiger partial charge in [-0.1, -0.05) is 0 Å². The van der Waals surface area contributed by atoms with Gasteiger partial charge in [-0.15, -0.1) is 0 Å². The normalized spacial score (nSPS) is 10.9. The number of pyridine rings is 2. The van der Waals surface area contributed by atoms with Gasteiger partial charge in [0.05, 0.1) is 32.0 Å². The SMILES string of the molecule is COc1cc(OC)c2c(=O)[nH]c(-c3cc(C)c(OCCO)c(C)c3)cc2n1. The standard InChI is InChI=1S/C20H22N2O5/c1-11-7-13(8-12(2)19(11)27-6-5-23)14-9-15-18(20(24)22-14)16(25-3)10-17(21-15)26-4/h7-10,23H,5-6H2,1-4H3,(H,22,24). The number of benzene rings is 1. The van der Waals surface area contributed by atoms with Crippen LogP contribution in [0, 0.1) is 13.8 Å². The largest absolute Gasteiger partial charge is 0.496 e. The van der Waals surface area contributed by atoms with Crippen molar-refractivity contribution >= 4 is 10.9 Å². The van der Waals surface area contributed by atoms with Gasteiger partial charge < -0.3 is 24.3 Å². The number of aryl methyl sites for hydroxylation is 2. The third-order valence-corrected chi connectivity index (χ3v) is 4.28. The van der Waals surface area contributed by atoms with Crippen LogP contribution in [0.1, 0.15) is 11.1 Å². The fourth-order valence-electron chi connectivity index (χ4n) is 3.11. The van der Waals surface area contributed by atoms with Gasteiger partial charge in [-0.25, -0.2) is 4.98 Å². The minimum absolute atomic E-state index is 0.0477. The molecule has 0 unspecified atom stereocenters. The molecule has 1 aromatic carbocycles. The first-order valence-electron chi connectivity index (χ1n) is 8.49. The lowest BCUT2D eigenvalue weighted by atomic mass is 10.0. The third-order valence-electron chi connectivity index (χ3n) is 4.28. The third kappa shape index (κ3) is 3.59. The molecule has 0 bridgehead atoms. The summed E-state index contributed by atoms with van der Waals surface area (Å²) >= 11 is 0. The predicted molar refractivity (Wildman–Crippen MR) is 103 cm³/mol. The summed E-state index contributed by atoms with van der Waals surface area (Å²) in [7, 11) is 3.01. The molecule has 0 saturated carbocycles. The average Bonchev–Trinajstić information content (AvgIpc) is 2.66. The second-order valence-corrected chi connectivity index (χ2v) is 6.15. The minimum atomic E-state index is -0.287. The van der Waals surface area contributed by atoms with Crippen LogP contribution in [-0.2, 0) is 0 Å². The van der Waals surface area contributed by atoms with Crippen molar-refractivity contribution < 1.29 is 19.3 Å². The molecule has 0 aliphatic rings. The quantitative estimate of drug-likeness (QED) is 0.693. The molecule has 7 nitrogen and oxygen atoms in total. The number of rotatable bonds is 6. The van der Waals surface area contributed by atoms with Crippen molar-refractivity contribution in [1.29, 1.82) is 0 Å². The van der Waals surface area contributed by atoms with Gasteiger partial charge in [0.15, 0.2) is 0 Å². The lowest BCUT2D eigenvalue weighted by molar-refractivity contribution is 0.200. The van der Waals surface area contributed by atoms with E-state index in [1.54, 1.807) is 12.1 Å². The van der Waals surface area contributed by atoms with Crippen LogP contribution in [0.25, 0.3) is 22.2 Å². The molecule has 0 saturated heterocycles. The topological polar surface area (TPSA) is 93.7 Å². The monoisotopic (exact) mass is 370 g/mol. The van der Waals surface area contributed by atoms with E-state index in [9.17, 15) is 4.79 Å². The van der Waals surface area contributed by atoms with Gasteiger partial charge in [0.1, 0.15) is 23.5 Å². The number of hydrogen-bond acceptors (Lipinski definition) is 6. The average molecular weight is 370 g/mol. The lowest BCUT2D eigenvalue weighted by Crippen LogP contribution is -2.10. The number of fused-ring (bicyclic) bond motifs is 1. The maximum absolute atomic E-state index is 12.7. The fraction of sp³-hybridized carbons (Fsp3) is 0.300. The van der Waals surface area contributed by atoms with Crippen LogP contribution in [0.5, 0.6) is 17.4 Å². The number of aromatic nitrogens is 2. The molecule has 3 rings (SSSR count). The highest BCUT2D eigenvalue weighted by Gasteiger charge is 2.14. The van der Waals surface area contributed by atoms with Crippen LogP contribution in [0.15, 0.2) is 29.1 Å². The number of nitrogens with one attached hydrogen (secondary N) is 1. The Bertz CT molecular complexity index is 1020. The predicted octanol–water partition coefficient (Wildman–Crippen LogP) is 2.60. The molecule has 0 aliphatic heterocycles. The van der Waals surface area contributed by atoms with E-state index in [1.165, 1.54) is 14.2 Å². The van der Waals surface area contributed by atoms with E-state index in [4.69, 9.17) is 19.3 Å². The molecule has 3 aromatic rings. The molecule has 0 amide bonds. The van der Waals surface area contributed by atoms with Gasteiger partial charge in [0.25, 0.3) is 5.56 Å². The van der Waals surface area contributed by atoms with E-state index in [0.29, 0.717) is 28.2 Å². The maximum atomic E-state index is 12.7. The van der Waals surface area contributed by atoms with E-state index in [2.05, 4.69) is 9.97 Å². The maximum Gasteiger partial charge on any atom is 0.261 e. The summed E-state index contributed by atoms with van der Waals surface area (Å²) in [6, 6.07) is 7.23. The van der Waals surface area contributed by atoms with Gasteiger partial charge in [0.2, 0.25) is 5.88 Å². The van der Waals surface area contributed by atoms with Gasteiger partial charge in [-0.05, 0) is 48.7 Å². The summed E-state index contributed by atoms with van der Waals surface area (Å²) in [6.07, 6.45) is 0. The molecule has 2 aromatic heterocycles. The first kappa shape index (κ1) is 18.7. The van der Waals surface area contributed by atoms with Crippen LogP contribution in [0.3, 0.4) is 0 Å². The second kappa shape index (κ2) is 7.67. The summed E-state index contributed by atoms with van der Waals surface area (Å²) in [6.45, 7) is 4.03. The summed E-state index contributed by atoms with van der Waals surface area (Å²) in [5.41, 5.74) is 3.50. The van der Waals surface area contributed by atoms with Crippen molar-refractivity contribution in [2.75, 3.05) is 27.4 Å². The van der Waals surface area contributed by atoms with E-state index < -0.39 is 0 Å². The summed E-state index contributed by atoms with van der Waals surface area (Å²) < 4.78 is 16.1. The summed E-state index contributed by atoms with van der Waals surface area (Å²) in [5, 5.41) is 9.34. The first-order chi connectivity index (χ1) is 13.0. The zero-order valence-electron chi connectivity index (χ0n) is 15.8. The highest BCUT2D eigenvalue weighted by molar-refractivity contribution is 5.87. The number of ether oxygens (including phenoxy) is 3. The Morgan fingerprint density at radius 3 is 2.37 bits per heavy atom. The molecule has 0 spiro atoms. The molecule has 0 aliphatic carbocycles. The van der Waals surface area contributed by atoms with Gasteiger partial charge in [0, 0.05) is 6.07 Å². The van der Waals surface area contributed by atoms with Crippen LogP contribution in [0.4, 0.5) is 0 Å².